The highest BCUT2D eigenvalue weighted by Crippen LogP contribution is 2.37. The largest absolute Gasteiger partial charge is 0.479 e. The minimum Gasteiger partial charge on any atom is -0.479 e. The maximum absolute atomic E-state index is 12.2. The van der Waals surface area contributed by atoms with E-state index in [2.05, 4.69) is 0 Å². The van der Waals surface area contributed by atoms with Gasteiger partial charge in [0.15, 0.2) is 5.54 Å². The second kappa shape index (κ2) is 5.55. The molecule has 1 fully saturated rings. The quantitative estimate of drug-likeness (QED) is 0.834. The molecule has 0 spiro atoms. The van der Waals surface area contributed by atoms with E-state index < -0.39 is 23.3 Å². The third-order valence-corrected chi connectivity index (χ3v) is 4.11. The molecule has 1 heterocycles. The Labute approximate surface area is 122 Å². The lowest BCUT2D eigenvalue weighted by molar-refractivity contribution is -0.158. The molecular formula is C15H18N2O4. The molecule has 0 saturated carbocycles. The maximum Gasteiger partial charge on any atom is 0.334 e. The minimum atomic E-state index is -1.46. The van der Waals surface area contributed by atoms with Gasteiger partial charge in [0.05, 0.1) is 5.92 Å². The molecule has 6 nitrogen and oxygen atoms in total. The standard InChI is InChI=1S/C15H18N2O4/c1-2-15(14(20)21,11-6-4-3-5-7-11)17-9-10(13(16)19)8-12(17)18/h3-7,10H,2,8-9H2,1H3,(H2,16,19)(H,20,21). The van der Waals surface area contributed by atoms with E-state index in [1.54, 1.807) is 37.3 Å². The molecule has 1 aromatic carbocycles. The molecule has 2 unspecified atom stereocenters. The van der Waals surface area contributed by atoms with Crippen LogP contribution in [0.3, 0.4) is 0 Å². The highest BCUT2D eigenvalue weighted by molar-refractivity contribution is 5.93. The number of nitrogens with zero attached hydrogens (tertiary/aromatic N) is 1. The van der Waals surface area contributed by atoms with Crippen LogP contribution in [0.25, 0.3) is 0 Å². The molecule has 1 aliphatic rings. The smallest absolute Gasteiger partial charge is 0.334 e. The first-order valence-electron chi connectivity index (χ1n) is 6.82. The summed E-state index contributed by atoms with van der Waals surface area (Å²) < 4.78 is 0. The highest BCUT2D eigenvalue weighted by Gasteiger charge is 2.51. The summed E-state index contributed by atoms with van der Waals surface area (Å²) in [5, 5.41) is 9.77. The zero-order valence-corrected chi connectivity index (χ0v) is 11.8. The molecular weight excluding hydrogens is 272 g/mol. The number of rotatable bonds is 5. The van der Waals surface area contributed by atoms with Crippen LogP contribution in [0.1, 0.15) is 25.3 Å². The van der Waals surface area contributed by atoms with Gasteiger partial charge >= 0.3 is 5.97 Å². The van der Waals surface area contributed by atoms with Crippen molar-refractivity contribution in [1.82, 2.24) is 4.90 Å². The Morgan fingerprint density at radius 3 is 2.43 bits per heavy atom. The fourth-order valence-electron chi connectivity index (χ4n) is 2.92. The van der Waals surface area contributed by atoms with Crippen molar-refractivity contribution in [1.29, 1.82) is 0 Å². The molecule has 1 aromatic rings. The number of amides is 2. The Hall–Kier alpha value is -2.37. The molecule has 3 N–H and O–H groups in total. The first-order valence-corrected chi connectivity index (χ1v) is 6.82. The summed E-state index contributed by atoms with van der Waals surface area (Å²) in [6.07, 6.45) is 0.181. The van der Waals surface area contributed by atoms with Crippen LogP contribution >= 0.6 is 0 Å². The van der Waals surface area contributed by atoms with Gasteiger partial charge < -0.3 is 15.7 Å². The van der Waals surface area contributed by atoms with E-state index in [0.29, 0.717) is 5.56 Å². The van der Waals surface area contributed by atoms with Crippen molar-refractivity contribution >= 4 is 17.8 Å². The number of carbonyl (C=O) groups excluding carboxylic acids is 2. The number of carboxylic acids is 1. The average Bonchev–Trinajstić information content (AvgIpc) is 2.84. The predicted molar refractivity (Wildman–Crippen MR) is 75.1 cm³/mol. The molecule has 1 saturated heterocycles. The molecule has 6 heteroatoms. The van der Waals surface area contributed by atoms with Gasteiger partial charge in [-0.05, 0) is 12.0 Å². The first kappa shape index (κ1) is 15.0. The van der Waals surface area contributed by atoms with Gasteiger partial charge in [0, 0.05) is 13.0 Å². The van der Waals surface area contributed by atoms with E-state index in [-0.39, 0.29) is 25.3 Å². The maximum atomic E-state index is 12.2. The fraction of sp³-hybridized carbons (Fsp3) is 0.400. The minimum absolute atomic E-state index is 0.0306. The van der Waals surface area contributed by atoms with Crippen LogP contribution in [-0.2, 0) is 19.9 Å². The third kappa shape index (κ3) is 2.37. The Morgan fingerprint density at radius 2 is 2.00 bits per heavy atom. The van der Waals surface area contributed by atoms with Crippen molar-refractivity contribution in [3.8, 4) is 0 Å². The highest BCUT2D eigenvalue weighted by atomic mass is 16.4. The van der Waals surface area contributed by atoms with Crippen LogP contribution in [0.4, 0.5) is 0 Å². The van der Waals surface area contributed by atoms with Gasteiger partial charge in [0.1, 0.15) is 0 Å². The number of likely N-dealkylation sites (tertiary alicyclic amines) is 1. The fourth-order valence-corrected chi connectivity index (χ4v) is 2.92. The monoisotopic (exact) mass is 290 g/mol. The van der Waals surface area contributed by atoms with Crippen molar-refractivity contribution in [3.05, 3.63) is 35.9 Å². The van der Waals surface area contributed by atoms with Crippen molar-refractivity contribution in [2.45, 2.75) is 25.3 Å². The number of primary amides is 1. The number of benzene rings is 1. The van der Waals surface area contributed by atoms with E-state index in [1.807, 2.05) is 0 Å². The Kier molecular flexibility index (Phi) is 3.97. The van der Waals surface area contributed by atoms with Crippen molar-refractivity contribution in [2.24, 2.45) is 11.7 Å². The second-order valence-electron chi connectivity index (χ2n) is 5.19. The van der Waals surface area contributed by atoms with Gasteiger partial charge in [0.2, 0.25) is 11.8 Å². The SMILES string of the molecule is CCC(C(=O)O)(c1ccccc1)N1CC(C(N)=O)CC1=O. The van der Waals surface area contributed by atoms with Gasteiger partial charge in [-0.15, -0.1) is 0 Å². The lowest BCUT2D eigenvalue weighted by atomic mass is 9.85. The van der Waals surface area contributed by atoms with Crippen molar-refractivity contribution in [3.63, 3.8) is 0 Å². The molecule has 0 radical (unpaired) electrons. The molecule has 2 amide bonds. The number of hydrogen-bond acceptors (Lipinski definition) is 3. The Morgan fingerprint density at radius 1 is 1.38 bits per heavy atom. The molecule has 1 aliphatic heterocycles. The van der Waals surface area contributed by atoms with Crippen LogP contribution in [0.2, 0.25) is 0 Å². The molecule has 0 bridgehead atoms. The molecule has 112 valence electrons. The van der Waals surface area contributed by atoms with Gasteiger partial charge in [-0.25, -0.2) is 4.79 Å². The molecule has 0 aromatic heterocycles. The lowest BCUT2D eigenvalue weighted by Crippen LogP contribution is -2.52. The van der Waals surface area contributed by atoms with Crippen LogP contribution < -0.4 is 5.73 Å². The summed E-state index contributed by atoms with van der Waals surface area (Å²) in [5.74, 6) is -2.66. The predicted octanol–water partition coefficient (Wildman–Crippen LogP) is 0.710. The van der Waals surface area contributed by atoms with Gasteiger partial charge in [0.25, 0.3) is 0 Å². The zero-order valence-electron chi connectivity index (χ0n) is 11.8. The van der Waals surface area contributed by atoms with E-state index >= 15 is 0 Å². The number of aliphatic carboxylic acids is 1. The summed E-state index contributed by atoms with van der Waals surface area (Å²) >= 11 is 0. The van der Waals surface area contributed by atoms with Crippen LogP contribution in [0.5, 0.6) is 0 Å². The van der Waals surface area contributed by atoms with E-state index in [1.165, 1.54) is 4.90 Å². The van der Waals surface area contributed by atoms with Crippen LogP contribution in [-0.4, -0.2) is 34.3 Å². The van der Waals surface area contributed by atoms with E-state index in [4.69, 9.17) is 5.73 Å². The number of carboxylic acid groups (broad SMARTS) is 1. The summed E-state index contributed by atoms with van der Waals surface area (Å²) in [7, 11) is 0. The van der Waals surface area contributed by atoms with Gasteiger partial charge in [-0.3, -0.25) is 9.59 Å². The Balaban J connectivity index is 2.49. The van der Waals surface area contributed by atoms with E-state index in [9.17, 15) is 19.5 Å². The average molecular weight is 290 g/mol. The van der Waals surface area contributed by atoms with Crippen molar-refractivity contribution in [2.75, 3.05) is 6.54 Å². The normalized spacial score (nSPS) is 21.1. The number of nitrogens with two attached hydrogens (primary N) is 1. The second-order valence-corrected chi connectivity index (χ2v) is 5.19. The number of carbonyl (C=O) groups is 3. The Bertz CT molecular complexity index is 572. The van der Waals surface area contributed by atoms with Crippen molar-refractivity contribution < 1.29 is 19.5 Å². The lowest BCUT2D eigenvalue weighted by Gasteiger charge is -2.38. The van der Waals surface area contributed by atoms with Crippen LogP contribution in [0, 0.1) is 5.92 Å². The van der Waals surface area contributed by atoms with Crippen LogP contribution in [0.15, 0.2) is 30.3 Å². The summed E-state index contributed by atoms with van der Waals surface area (Å²) in [6, 6.07) is 8.61. The zero-order chi connectivity index (χ0) is 15.6. The van der Waals surface area contributed by atoms with E-state index in [0.717, 1.165) is 0 Å². The van der Waals surface area contributed by atoms with Gasteiger partial charge in [-0.2, -0.15) is 0 Å². The molecule has 0 aliphatic carbocycles. The summed E-state index contributed by atoms with van der Waals surface area (Å²) in [6.45, 7) is 1.76. The third-order valence-electron chi connectivity index (χ3n) is 4.11. The van der Waals surface area contributed by atoms with Gasteiger partial charge in [-0.1, -0.05) is 37.3 Å². The summed E-state index contributed by atoms with van der Waals surface area (Å²) in [5.41, 5.74) is 4.33. The summed E-state index contributed by atoms with van der Waals surface area (Å²) in [4.78, 5) is 36.8. The molecule has 21 heavy (non-hydrogen) atoms. The first-order chi connectivity index (χ1) is 9.93. The number of hydrogen-bond donors (Lipinski definition) is 2. The molecule has 2 atom stereocenters. The molecule has 2 rings (SSSR count). The topological polar surface area (TPSA) is 101 Å².